The van der Waals surface area contributed by atoms with E-state index in [9.17, 15) is 4.79 Å². The van der Waals surface area contributed by atoms with Gasteiger partial charge in [0.25, 0.3) is 0 Å². The first-order valence-corrected chi connectivity index (χ1v) is 8.24. The lowest BCUT2D eigenvalue weighted by Crippen LogP contribution is -2.29. The molecule has 0 spiro atoms. The molecule has 0 aliphatic rings. The summed E-state index contributed by atoms with van der Waals surface area (Å²) in [7, 11) is 0. The Balaban J connectivity index is 2.00. The number of rotatable bonds is 8. The summed E-state index contributed by atoms with van der Waals surface area (Å²) in [5.41, 5.74) is 14.8. The topological polar surface area (TPSA) is 125 Å². The van der Waals surface area contributed by atoms with Gasteiger partial charge in [0.2, 0.25) is 5.91 Å². The Morgan fingerprint density at radius 2 is 1.69 bits per heavy atom. The van der Waals surface area contributed by atoms with Crippen molar-refractivity contribution in [3.05, 3.63) is 54.1 Å². The third kappa shape index (κ3) is 5.51. The third-order valence-corrected chi connectivity index (χ3v) is 3.76. The van der Waals surface area contributed by atoms with Gasteiger partial charge in [-0.15, -0.1) is 0 Å². The van der Waals surface area contributed by atoms with E-state index >= 15 is 0 Å². The Morgan fingerprint density at radius 3 is 2.31 bits per heavy atom. The normalized spacial score (nSPS) is 10.8. The first-order chi connectivity index (χ1) is 12.5. The summed E-state index contributed by atoms with van der Waals surface area (Å²) >= 11 is 0. The molecule has 0 atom stereocenters. The molecule has 0 heterocycles. The molecule has 0 unspecified atom stereocenters. The predicted molar refractivity (Wildman–Crippen MR) is 106 cm³/mol. The van der Waals surface area contributed by atoms with Crippen molar-refractivity contribution < 1.29 is 15.0 Å². The van der Waals surface area contributed by atoms with Crippen LogP contribution in [0.2, 0.25) is 0 Å². The number of aliphatic hydroxyl groups excluding tert-OH is 2. The smallest absolute Gasteiger partial charge is 0.248 e. The molecule has 0 saturated carbocycles. The minimum absolute atomic E-state index is 0.00356. The molecule has 2 aromatic rings. The molecule has 0 bridgehead atoms. The van der Waals surface area contributed by atoms with E-state index in [2.05, 4.69) is 5.32 Å². The van der Waals surface area contributed by atoms with Gasteiger partial charge in [0.15, 0.2) is 0 Å². The number of nitrogen functional groups attached to an aromatic ring is 2. The summed E-state index contributed by atoms with van der Waals surface area (Å²) in [5.74, 6) is -0.290. The predicted octanol–water partition coefficient (Wildman–Crippen LogP) is 1.29. The number of nitrogens with two attached hydrogens (primary N) is 2. The molecule has 7 N–H and O–H groups in total. The van der Waals surface area contributed by atoms with E-state index in [0.717, 1.165) is 5.69 Å². The second kappa shape index (κ2) is 9.45. The van der Waals surface area contributed by atoms with Gasteiger partial charge in [-0.1, -0.05) is 0 Å². The number of carbonyl (C=O) groups excluding carboxylic acids is 1. The van der Waals surface area contributed by atoms with Crippen molar-refractivity contribution in [3.8, 4) is 0 Å². The first-order valence-electron chi connectivity index (χ1n) is 8.24. The van der Waals surface area contributed by atoms with Gasteiger partial charge in [-0.25, -0.2) is 0 Å². The first kappa shape index (κ1) is 19.3. The van der Waals surface area contributed by atoms with Crippen LogP contribution in [0.1, 0.15) is 5.56 Å². The fourth-order valence-electron chi connectivity index (χ4n) is 2.45. The number of aliphatic hydroxyl groups is 2. The molecule has 0 fully saturated rings. The van der Waals surface area contributed by atoms with Crippen LogP contribution in [0.5, 0.6) is 0 Å². The largest absolute Gasteiger partial charge is 0.399 e. The number of carbonyl (C=O) groups is 1. The van der Waals surface area contributed by atoms with E-state index < -0.39 is 0 Å². The maximum absolute atomic E-state index is 12.1. The molecule has 2 aromatic carbocycles. The summed E-state index contributed by atoms with van der Waals surface area (Å²) < 4.78 is 0. The van der Waals surface area contributed by atoms with Crippen LogP contribution < -0.4 is 21.7 Å². The van der Waals surface area contributed by atoms with Crippen molar-refractivity contribution in [2.24, 2.45) is 0 Å². The maximum Gasteiger partial charge on any atom is 0.248 e. The van der Waals surface area contributed by atoms with Gasteiger partial charge < -0.3 is 31.9 Å². The molecule has 0 radical (unpaired) electrons. The van der Waals surface area contributed by atoms with Crippen LogP contribution in [-0.4, -0.2) is 42.4 Å². The van der Waals surface area contributed by atoms with Crippen LogP contribution >= 0.6 is 0 Å². The molecule has 7 nitrogen and oxygen atoms in total. The monoisotopic (exact) mass is 356 g/mol. The van der Waals surface area contributed by atoms with Gasteiger partial charge in [-0.3, -0.25) is 4.79 Å². The summed E-state index contributed by atoms with van der Waals surface area (Å²) in [6, 6.07) is 12.3. The van der Waals surface area contributed by atoms with Crippen LogP contribution in [0, 0.1) is 0 Å². The van der Waals surface area contributed by atoms with Gasteiger partial charge in [0.1, 0.15) is 0 Å². The minimum Gasteiger partial charge on any atom is -0.399 e. The van der Waals surface area contributed by atoms with E-state index in [0.29, 0.717) is 35.7 Å². The lowest BCUT2D eigenvalue weighted by molar-refractivity contribution is -0.111. The summed E-state index contributed by atoms with van der Waals surface area (Å²) in [4.78, 5) is 13.9. The van der Waals surface area contributed by atoms with Crippen LogP contribution in [0.4, 0.5) is 22.7 Å². The van der Waals surface area contributed by atoms with Gasteiger partial charge in [-0.2, -0.15) is 0 Å². The Hall–Kier alpha value is -3.03. The minimum atomic E-state index is -0.290. The lowest BCUT2D eigenvalue weighted by atomic mass is 10.1. The number of nitrogens with zero attached hydrogens (tertiary/aromatic N) is 1. The molecule has 0 aromatic heterocycles. The number of benzene rings is 2. The molecule has 138 valence electrons. The number of anilines is 4. The van der Waals surface area contributed by atoms with E-state index in [4.69, 9.17) is 21.7 Å². The highest BCUT2D eigenvalue weighted by molar-refractivity contribution is 6.02. The van der Waals surface area contributed by atoms with Gasteiger partial charge >= 0.3 is 0 Å². The van der Waals surface area contributed by atoms with Gasteiger partial charge in [-0.05, 0) is 54.1 Å². The number of hydrogen-bond acceptors (Lipinski definition) is 6. The molecule has 0 aliphatic heterocycles. The third-order valence-electron chi connectivity index (χ3n) is 3.76. The zero-order chi connectivity index (χ0) is 18.9. The average molecular weight is 356 g/mol. The second-order valence-corrected chi connectivity index (χ2v) is 5.69. The fraction of sp³-hybridized carbons (Fsp3) is 0.211. The number of amides is 1. The molecule has 2 rings (SSSR count). The van der Waals surface area contributed by atoms with Crippen LogP contribution in [0.25, 0.3) is 6.08 Å². The zero-order valence-corrected chi connectivity index (χ0v) is 14.4. The quantitative estimate of drug-likeness (QED) is 0.359. The summed E-state index contributed by atoms with van der Waals surface area (Å²) in [6.07, 6.45) is 3.00. The number of hydrogen-bond donors (Lipinski definition) is 5. The highest BCUT2D eigenvalue weighted by Gasteiger charge is 2.06. The Kier molecular flexibility index (Phi) is 7.02. The molecule has 1 amide bonds. The zero-order valence-electron chi connectivity index (χ0n) is 14.4. The molecule has 26 heavy (non-hydrogen) atoms. The standard InChI is InChI=1S/C19H24N4O3/c20-15-2-7-18(21)14(13-15)1-8-19(26)22-16-3-5-17(6-4-16)23(9-11-24)10-12-25/h1-8,13,24-25H,9-12,20-21H2,(H,22,26)/b8-1-. The molecule has 0 saturated heterocycles. The average Bonchev–Trinajstić information content (AvgIpc) is 2.63. The van der Waals surface area contributed by atoms with Crippen LogP contribution in [0.3, 0.4) is 0 Å². The fourth-order valence-corrected chi connectivity index (χ4v) is 2.45. The van der Waals surface area contributed by atoms with Crippen molar-refractivity contribution in [1.82, 2.24) is 0 Å². The summed E-state index contributed by atoms with van der Waals surface area (Å²) in [6.45, 7) is 0.847. The van der Waals surface area contributed by atoms with Gasteiger partial charge in [0.05, 0.1) is 13.2 Å². The SMILES string of the molecule is Nc1ccc(N)c(/C=C\C(=O)Nc2ccc(N(CCO)CCO)cc2)c1. The van der Waals surface area contributed by atoms with Crippen molar-refractivity contribution in [1.29, 1.82) is 0 Å². The van der Waals surface area contributed by atoms with Crippen molar-refractivity contribution in [2.75, 3.05) is 48.0 Å². The van der Waals surface area contributed by atoms with E-state index in [1.807, 2.05) is 17.0 Å². The highest BCUT2D eigenvalue weighted by Crippen LogP contribution is 2.19. The van der Waals surface area contributed by atoms with Gasteiger partial charge in [0, 0.05) is 41.9 Å². The number of nitrogens with one attached hydrogen (secondary N) is 1. The molecule has 7 heteroatoms. The maximum atomic E-state index is 12.1. The van der Waals surface area contributed by atoms with Crippen LogP contribution in [-0.2, 0) is 4.79 Å². The second-order valence-electron chi connectivity index (χ2n) is 5.69. The highest BCUT2D eigenvalue weighted by atomic mass is 16.3. The van der Waals surface area contributed by atoms with Crippen molar-refractivity contribution in [3.63, 3.8) is 0 Å². The van der Waals surface area contributed by atoms with E-state index in [1.165, 1.54) is 6.08 Å². The lowest BCUT2D eigenvalue weighted by Gasteiger charge is -2.23. The van der Waals surface area contributed by atoms with Crippen LogP contribution in [0.15, 0.2) is 48.5 Å². The van der Waals surface area contributed by atoms with Crippen molar-refractivity contribution in [2.45, 2.75) is 0 Å². The van der Waals surface area contributed by atoms with Crippen molar-refractivity contribution >= 4 is 34.7 Å². The summed E-state index contributed by atoms with van der Waals surface area (Å²) in [5, 5.41) is 20.9. The molecule has 0 aliphatic carbocycles. The van der Waals surface area contributed by atoms with E-state index in [1.54, 1.807) is 36.4 Å². The Labute approximate surface area is 152 Å². The Bertz CT molecular complexity index is 754. The Morgan fingerprint density at radius 1 is 1.04 bits per heavy atom. The molecular weight excluding hydrogens is 332 g/mol. The molecular formula is C19H24N4O3. The van der Waals surface area contributed by atoms with E-state index in [-0.39, 0.29) is 19.1 Å².